The van der Waals surface area contributed by atoms with E-state index in [0.717, 1.165) is 6.42 Å². The van der Waals surface area contributed by atoms with Gasteiger partial charge in [-0.25, -0.2) is 9.78 Å². The van der Waals surface area contributed by atoms with Gasteiger partial charge in [-0.05, 0) is 67.2 Å². The standard InChI is InChI=1S/C27H34BrClN6O5/c1-27(2,3)40-26(39)35-8-7-17(16-35)13-22(36)33-9-11-34(12-10-33)25(38)19-6-5-18(14-20(19)29)31-24(37)23-30-15-21(28)32(23)4/h5-6,14-15,17H,7-13,16H2,1-4H3,(H,31,37)/t17-/m0/s1. The molecule has 1 atom stereocenters. The Kier molecular flexibility index (Phi) is 9.09. The van der Waals surface area contributed by atoms with E-state index in [0.29, 0.717) is 61.5 Å². The molecule has 13 heteroatoms. The summed E-state index contributed by atoms with van der Waals surface area (Å²) in [5, 5.41) is 2.96. The number of carbonyl (C=O) groups is 4. The average molecular weight is 638 g/mol. The van der Waals surface area contributed by atoms with Crippen LogP contribution in [0.15, 0.2) is 29.0 Å². The number of amides is 4. The molecule has 4 amide bonds. The van der Waals surface area contributed by atoms with Gasteiger partial charge in [0.15, 0.2) is 5.82 Å². The van der Waals surface area contributed by atoms with Crippen molar-refractivity contribution in [3.63, 3.8) is 0 Å². The molecule has 1 aromatic heterocycles. The van der Waals surface area contributed by atoms with Crippen LogP contribution in [0, 0.1) is 5.92 Å². The van der Waals surface area contributed by atoms with E-state index in [9.17, 15) is 19.2 Å². The Hall–Kier alpha value is -3.12. The zero-order valence-corrected chi connectivity index (χ0v) is 25.4. The fourth-order valence-electron chi connectivity index (χ4n) is 4.75. The molecule has 11 nitrogen and oxygen atoms in total. The summed E-state index contributed by atoms with van der Waals surface area (Å²) in [7, 11) is 1.71. The summed E-state index contributed by atoms with van der Waals surface area (Å²) in [5.74, 6) is -0.285. The topological polar surface area (TPSA) is 117 Å². The lowest BCUT2D eigenvalue weighted by Gasteiger charge is -2.35. The smallest absolute Gasteiger partial charge is 0.410 e. The molecule has 1 aromatic carbocycles. The lowest BCUT2D eigenvalue weighted by atomic mass is 10.0. The highest BCUT2D eigenvalue weighted by atomic mass is 79.9. The Balaban J connectivity index is 1.26. The van der Waals surface area contributed by atoms with Crippen molar-refractivity contribution in [1.82, 2.24) is 24.3 Å². The van der Waals surface area contributed by atoms with Crippen molar-refractivity contribution < 1.29 is 23.9 Å². The van der Waals surface area contributed by atoms with Crippen LogP contribution >= 0.6 is 27.5 Å². The van der Waals surface area contributed by atoms with Crippen LogP contribution in [0.1, 0.15) is 54.6 Å². The largest absolute Gasteiger partial charge is 0.444 e. The van der Waals surface area contributed by atoms with E-state index < -0.39 is 11.5 Å². The van der Waals surface area contributed by atoms with E-state index in [-0.39, 0.29) is 34.7 Å². The van der Waals surface area contributed by atoms with Gasteiger partial charge in [0.2, 0.25) is 5.91 Å². The van der Waals surface area contributed by atoms with E-state index >= 15 is 0 Å². The van der Waals surface area contributed by atoms with E-state index in [2.05, 4.69) is 26.2 Å². The minimum absolute atomic E-state index is 0.0287. The van der Waals surface area contributed by atoms with Crippen LogP contribution in [0.3, 0.4) is 0 Å². The molecule has 0 unspecified atom stereocenters. The number of hydrogen-bond donors (Lipinski definition) is 1. The van der Waals surface area contributed by atoms with E-state index in [1.807, 2.05) is 20.8 Å². The minimum Gasteiger partial charge on any atom is -0.444 e. The van der Waals surface area contributed by atoms with Crippen LogP contribution in [0.25, 0.3) is 0 Å². The van der Waals surface area contributed by atoms with E-state index in [4.69, 9.17) is 16.3 Å². The Labute approximate surface area is 246 Å². The number of nitrogens with one attached hydrogen (secondary N) is 1. The highest BCUT2D eigenvalue weighted by Gasteiger charge is 2.33. The van der Waals surface area contributed by atoms with Crippen molar-refractivity contribution in [3.05, 3.63) is 45.4 Å². The van der Waals surface area contributed by atoms with Gasteiger partial charge in [0.1, 0.15) is 10.2 Å². The summed E-state index contributed by atoms with van der Waals surface area (Å²) < 4.78 is 7.71. The van der Waals surface area contributed by atoms with Gasteiger partial charge in [-0.15, -0.1) is 0 Å². The molecule has 3 heterocycles. The average Bonchev–Trinajstić information content (AvgIpc) is 3.49. The van der Waals surface area contributed by atoms with Gasteiger partial charge >= 0.3 is 6.09 Å². The van der Waals surface area contributed by atoms with Gasteiger partial charge in [0.05, 0.1) is 16.8 Å². The third-order valence-corrected chi connectivity index (χ3v) is 7.96. The molecule has 4 rings (SSSR count). The highest BCUT2D eigenvalue weighted by Crippen LogP contribution is 2.25. The molecule has 0 bridgehead atoms. The van der Waals surface area contributed by atoms with Crippen LogP contribution in [0.4, 0.5) is 10.5 Å². The number of imidazole rings is 1. The first kappa shape index (κ1) is 29.9. The number of likely N-dealkylation sites (tertiary alicyclic amines) is 1. The molecule has 2 aliphatic heterocycles. The van der Waals surface area contributed by atoms with Crippen molar-refractivity contribution in [2.45, 2.75) is 39.2 Å². The van der Waals surface area contributed by atoms with Gasteiger partial charge < -0.3 is 29.3 Å². The molecule has 1 N–H and O–H groups in total. The zero-order valence-electron chi connectivity index (χ0n) is 23.1. The number of ether oxygens (including phenoxy) is 1. The van der Waals surface area contributed by atoms with Gasteiger partial charge in [0, 0.05) is 58.4 Å². The third kappa shape index (κ3) is 7.14. The van der Waals surface area contributed by atoms with Gasteiger partial charge in [0.25, 0.3) is 11.8 Å². The number of halogens is 2. The van der Waals surface area contributed by atoms with Gasteiger partial charge in [-0.2, -0.15) is 0 Å². The van der Waals surface area contributed by atoms with Crippen molar-refractivity contribution in [2.24, 2.45) is 13.0 Å². The summed E-state index contributed by atoms with van der Waals surface area (Å²) in [6, 6.07) is 4.74. The maximum absolute atomic E-state index is 13.2. The predicted octanol–water partition coefficient (Wildman–Crippen LogP) is 4.02. The fourth-order valence-corrected chi connectivity index (χ4v) is 5.28. The Morgan fingerprint density at radius 3 is 2.35 bits per heavy atom. The van der Waals surface area contributed by atoms with Crippen LogP contribution < -0.4 is 5.32 Å². The molecule has 40 heavy (non-hydrogen) atoms. The second kappa shape index (κ2) is 12.2. The molecule has 216 valence electrons. The van der Waals surface area contributed by atoms with Crippen LogP contribution in [-0.2, 0) is 16.6 Å². The maximum atomic E-state index is 13.2. The molecule has 0 saturated carbocycles. The Bertz CT molecular complexity index is 1300. The summed E-state index contributed by atoms with van der Waals surface area (Å²) in [6.07, 6.45) is 2.32. The summed E-state index contributed by atoms with van der Waals surface area (Å²) >= 11 is 9.73. The zero-order chi connectivity index (χ0) is 29.2. The molecular formula is C27H34BrClN6O5. The molecule has 2 aromatic rings. The van der Waals surface area contributed by atoms with Crippen molar-refractivity contribution in [2.75, 3.05) is 44.6 Å². The minimum atomic E-state index is -0.553. The number of hydrogen-bond acceptors (Lipinski definition) is 6. The number of piperazine rings is 1. The lowest BCUT2D eigenvalue weighted by Crippen LogP contribution is -2.51. The molecule has 0 aliphatic carbocycles. The van der Waals surface area contributed by atoms with Crippen LogP contribution in [0.5, 0.6) is 0 Å². The number of benzene rings is 1. The number of anilines is 1. The quantitative estimate of drug-likeness (QED) is 0.530. The number of nitrogens with zero attached hydrogens (tertiary/aromatic N) is 5. The summed E-state index contributed by atoms with van der Waals surface area (Å²) in [6.45, 7) is 8.23. The lowest BCUT2D eigenvalue weighted by molar-refractivity contribution is -0.133. The van der Waals surface area contributed by atoms with Crippen LogP contribution in [-0.4, -0.2) is 92.9 Å². The normalized spacial score (nSPS) is 17.6. The van der Waals surface area contributed by atoms with Gasteiger partial charge in [-0.3, -0.25) is 14.4 Å². The molecule has 0 radical (unpaired) electrons. The number of rotatable bonds is 5. The fraction of sp³-hybridized carbons (Fsp3) is 0.519. The van der Waals surface area contributed by atoms with Crippen LogP contribution in [0.2, 0.25) is 5.02 Å². The van der Waals surface area contributed by atoms with Crippen molar-refractivity contribution in [1.29, 1.82) is 0 Å². The first-order valence-electron chi connectivity index (χ1n) is 13.2. The highest BCUT2D eigenvalue weighted by molar-refractivity contribution is 9.10. The first-order chi connectivity index (χ1) is 18.8. The summed E-state index contributed by atoms with van der Waals surface area (Å²) in [5.41, 5.74) is 0.216. The SMILES string of the molecule is Cn1c(Br)cnc1C(=O)Nc1ccc(C(=O)N2CCN(C(=O)C[C@@H]3CCN(C(=O)OC(C)(C)C)C3)CC2)c(Cl)c1. The van der Waals surface area contributed by atoms with Crippen molar-refractivity contribution in [3.8, 4) is 0 Å². The maximum Gasteiger partial charge on any atom is 0.410 e. The van der Waals surface area contributed by atoms with E-state index in [1.165, 1.54) is 12.3 Å². The molecule has 2 aliphatic rings. The molecule has 0 spiro atoms. The second-order valence-corrected chi connectivity index (χ2v) is 12.3. The molecule has 2 saturated heterocycles. The summed E-state index contributed by atoms with van der Waals surface area (Å²) in [4.78, 5) is 60.1. The number of carbonyl (C=O) groups excluding carboxylic acids is 4. The molecule has 2 fully saturated rings. The number of aromatic nitrogens is 2. The molecular weight excluding hydrogens is 604 g/mol. The van der Waals surface area contributed by atoms with E-state index in [1.54, 1.807) is 38.4 Å². The Morgan fingerprint density at radius 1 is 1.07 bits per heavy atom. The Morgan fingerprint density at radius 2 is 1.75 bits per heavy atom. The first-order valence-corrected chi connectivity index (χ1v) is 14.3. The third-order valence-electron chi connectivity index (χ3n) is 6.91. The van der Waals surface area contributed by atoms with Gasteiger partial charge in [-0.1, -0.05) is 11.6 Å². The van der Waals surface area contributed by atoms with Crippen molar-refractivity contribution >= 4 is 57.0 Å². The predicted molar refractivity (Wildman–Crippen MR) is 153 cm³/mol. The second-order valence-electron chi connectivity index (χ2n) is 11.1. The monoisotopic (exact) mass is 636 g/mol.